The molecule has 0 heterocycles. The van der Waals surface area contributed by atoms with Crippen molar-refractivity contribution >= 4 is 17.7 Å². The van der Waals surface area contributed by atoms with Gasteiger partial charge in [0.25, 0.3) is 0 Å². The zero-order chi connectivity index (χ0) is 12.2. The van der Waals surface area contributed by atoms with E-state index in [0.29, 0.717) is 6.54 Å². The van der Waals surface area contributed by atoms with Crippen molar-refractivity contribution in [3.8, 4) is 0 Å². The van der Waals surface area contributed by atoms with Crippen LogP contribution in [-0.4, -0.2) is 29.8 Å². The average Bonchev–Trinajstić information content (AvgIpc) is 2.61. The van der Waals surface area contributed by atoms with Crippen LogP contribution in [0.4, 0.5) is 13.2 Å². The maximum absolute atomic E-state index is 11.8. The fraction of sp³-hybridized carbons (Fsp3) is 0.889. The van der Waals surface area contributed by atoms with Crippen molar-refractivity contribution in [1.29, 1.82) is 0 Å². The highest BCUT2D eigenvalue weighted by Crippen LogP contribution is 2.30. The SMILES string of the molecule is NCC1CCCC1NC(=O)CSC(F)(F)F. The first-order valence-electron chi connectivity index (χ1n) is 5.12. The molecule has 1 aliphatic rings. The monoisotopic (exact) mass is 256 g/mol. The topological polar surface area (TPSA) is 55.1 Å². The summed E-state index contributed by atoms with van der Waals surface area (Å²) in [5.74, 6) is -0.926. The first-order valence-corrected chi connectivity index (χ1v) is 6.11. The Morgan fingerprint density at radius 2 is 2.12 bits per heavy atom. The third kappa shape index (κ3) is 4.61. The van der Waals surface area contributed by atoms with Crippen LogP contribution in [0.1, 0.15) is 19.3 Å². The number of carbonyl (C=O) groups excluding carboxylic acids is 1. The minimum absolute atomic E-state index is 0.0497. The molecule has 3 nitrogen and oxygen atoms in total. The second-order valence-electron chi connectivity index (χ2n) is 3.84. The Morgan fingerprint density at radius 1 is 1.44 bits per heavy atom. The molecule has 1 rings (SSSR count). The lowest BCUT2D eigenvalue weighted by molar-refractivity contribution is -0.119. The molecule has 0 spiro atoms. The Hall–Kier alpha value is -0.430. The van der Waals surface area contributed by atoms with Crippen molar-refractivity contribution in [2.45, 2.75) is 30.8 Å². The summed E-state index contributed by atoms with van der Waals surface area (Å²) in [5.41, 5.74) is 1.16. The zero-order valence-corrected chi connectivity index (χ0v) is 9.53. The van der Waals surface area contributed by atoms with Crippen LogP contribution in [0.5, 0.6) is 0 Å². The highest BCUT2D eigenvalue weighted by atomic mass is 32.2. The van der Waals surface area contributed by atoms with Gasteiger partial charge in [-0.3, -0.25) is 4.79 Å². The molecule has 0 aromatic carbocycles. The van der Waals surface area contributed by atoms with E-state index in [4.69, 9.17) is 5.73 Å². The third-order valence-corrected chi connectivity index (χ3v) is 3.41. The Bertz CT molecular complexity index is 247. The smallest absolute Gasteiger partial charge is 0.352 e. The third-order valence-electron chi connectivity index (χ3n) is 2.68. The Morgan fingerprint density at radius 3 is 2.69 bits per heavy atom. The molecule has 2 atom stereocenters. The van der Waals surface area contributed by atoms with Crippen molar-refractivity contribution in [3.63, 3.8) is 0 Å². The van der Waals surface area contributed by atoms with Crippen LogP contribution in [0.15, 0.2) is 0 Å². The van der Waals surface area contributed by atoms with Gasteiger partial charge in [-0.15, -0.1) is 0 Å². The van der Waals surface area contributed by atoms with E-state index in [2.05, 4.69) is 5.32 Å². The number of hydrogen-bond donors (Lipinski definition) is 2. The molecule has 1 fully saturated rings. The summed E-state index contributed by atoms with van der Waals surface area (Å²) >= 11 is -0.309. The van der Waals surface area contributed by atoms with Gasteiger partial charge < -0.3 is 11.1 Å². The normalized spacial score (nSPS) is 25.8. The number of hydrogen-bond acceptors (Lipinski definition) is 3. The average molecular weight is 256 g/mol. The van der Waals surface area contributed by atoms with E-state index in [-0.39, 0.29) is 23.7 Å². The van der Waals surface area contributed by atoms with Gasteiger partial charge in [0.2, 0.25) is 5.91 Å². The quantitative estimate of drug-likeness (QED) is 0.801. The lowest BCUT2D eigenvalue weighted by atomic mass is 10.0. The Kier molecular flexibility index (Phi) is 4.91. The maximum Gasteiger partial charge on any atom is 0.442 e. The van der Waals surface area contributed by atoms with Crippen LogP contribution in [0, 0.1) is 5.92 Å². The molecule has 16 heavy (non-hydrogen) atoms. The molecule has 2 unspecified atom stereocenters. The summed E-state index contributed by atoms with van der Waals surface area (Å²) in [6.45, 7) is 0.470. The van der Waals surface area contributed by atoms with Gasteiger partial charge in [-0.05, 0) is 37.1 Å². The zero-order valence-electron chi connectivity index (χ0n) is 8.72. The van der Waals surface area contributed by atoms with Gasteiger partial charge in [0.05, 0.1) is 5.75 Å². The summed E-state index contributed by atoms with van der Waals surface area (Å²) in [5, 5.41) is 2.61. The van der Waals surface area contributed by atoms with E-state index >= 15 is 0 Å². The van der Waals surface area contributed by atoms with E-state index < -0.39 is 17.2 Å². The van der Waals surface area contributed by atoms with Crippen LogP contribution in [0.3, 0.4) is 0 Å². The van der Waals surface area contributed by atoms with Gasteiger partial charge in [0, 0.05) is 6.04 Å². The van der Waals surface area contributed by atoms with Crippen molar-refractivity contribution in [1.82, 2.24) is 5.32 Å². The largest absolute Gasteiger partial charge is 0.442 e. The molecular weight excluding hydrogens is 241 g/mol. The van der Waals surface area contributed by atoms with E-state index in [9.17, 15) is 18.0 Å². The molecule has 3 N–H and O–H groups in total. The van der Waals surface area contributed by atoms with Crippen molar-refractivity contribution < 1.29 is 18.0 Å². The van der Waals surface area contributed by atoms with Crippen LogP contribution in [0.2, 0.25) is 0 Å². The summed E-state index contributed by atoms with van der Waals surface area (Å²) in [7, 11) is 0. The molecule has 1 aliphatic carbocycles. The van der Waals surface area contributed by atoms with Gasteiger partial charge in [-0.1, -0.05) is 6.42 Å². The molecule has 1 saturated carbocycles. The van der Waals surface area contributed by atoms with Crippen LogP contribution in [-0.2, 0) is 4.79 Å². The minimum atomic E-state index is -4.35. The van der Waals surface area contributed by atoms with E-state index in [0.717, 1.165) is 19.3 Å². The van der Waals surface area contributed by atoms with Crippen LogP contribution < -0.4 is 11.1 Å². The summed E-state index contributed by atoms with van der Waals surface area (Å²) in [6, 6.07) is -0.0497. The first-order chi connectivity index (χ1) is 7.42. The van der Waals surface area contributed by atoms with Gasteiger partial charge >= 0.3 is 5.51 Å². The first kappa shape index (κ1) is 13.6. The van der Waals surface area contributed by atoms with Crippen LogP contribution in [0.25, 0.3) is 0 Å². The van der Waals surface area contributed by atoms with Gasteiger partial charge in [0.1, 0.15) is 0 Å². The molecule has 0 aromatic heterocycles. The number of nitrogens with two attached hydrogens (primary N) is 1. The van der Waals surface area contributed by atoms with E-state index in [1.165, 1.54) is 0 Å². The second-order valence-corrected chi connectivity index (χ2v) is 4.88. The van der Waals surface area contributed by atoms with Crippen molar-refractivity contribution in [2.24, 2.45) is 11.7 Å². The molecule has 7 heteroatoms. The molecule has 0 bridgehead atoms. The van der Waals surface area contributed by atoms with Gasteiger partial charge in [-0.25, -0.2) is 0 Å². The number of halogens is 3. The number of alkyl halides is 3. The maximum atomic E-state index is 11.8. The Balaban J connectivity index is 2.28. The second kappa shape index (κ2) is 5.77. The fourth-order valence-corrected chi connectivity index (χ4v) is 2.28. The molecule has 0 radical (unpaired) electrons. The van der Waals surface area contributed by atoms with E-state index in [1.54, 1.807) is 0 Å². The molecule has 1 amide bonds. The standard InChI is InChI=1S/C9H15F3N2OS/c10-9(11,12)16-5-8(15)14-7-3-1-2-6(7)4-13/h6-7H,1-5,13H2,(H,14,15). The Labute approximate surface area is 96.3 Å². The highest BCUT2D eigenvalue weighted by Gasteiger charge is 2.31. The number of rotatable bonds is 4. The molecular formula is C9H15F3N2OS. The van der Waals surface area contributed by atoms with Crippen molar-refractivity contribution in [2.75, 3.05) is 12.3 Å². The highest BCUT2D eigenvalue weighted by molar-refractivity contribution is 8.00. The minimum Gasteiger partial charge on any atom is -0.352 e. The van der Waals surface area contributed by atoms with Crippen molar-refractivity contribution in [3.05, 3.63) is 0 Å². The molecule has 0 aromatic rings. The van der Waals surface area contributed by atoms with E-state index in [1.807, 2.05) is 0 Å². The molecule has 94 valence electrons. The van der Waals surface area contributed by atoms with Gasteiger partial charge in [0.15, 0.2) is 0 Å². The predicted molar refractivity (Wildman–Crippen MR) is 56.8 cm³/mol. The summed E-state index contributed by atoms with van der Waals surface area (Å²) in [6.07, 6.45) is 2.72. The number of carbonyl (C=O) groups is 1. The summed E-state index contributed by atoms with van der Waals surface area (Å²) in [4.78, 5) is 11.2. The number of nitrogens with one attached hydrogen (secondary N) is 1. The summed E-state index contributed by atoms with van der Waals surface area (Å²) < 4.78 is 35.5. The fourth-order valence-electron chi connectivity index (χ4n) is 1.90. The number of thioether (sulfide) groups is 1. The predicted octanol–water partition coefficient (Wildman–Crippen LogP) is 1.48. The van der Waals surface area contributed by atoms with Gasteiger partial charge in [-0.2, -0.15) is 13.2 Å². The van der Waals surface area contributed by atoms with Crippen LogP contribution >= 0.6 is 11.8 Å². The molecule has 0 saturated heterocycles. The molecule has 0 aliphatic heterocycles. The lowest BCUT2D eigenvalue weighted by Gasteiger charge is -2.19. The lowest BCUT2D eigenvalue weighted by Crippen LogP contribution is -2.41. The number of amides is 1.